The molecule has 1 saturated heterocycles. The van der Waals surface area contributed by atoms with E-state index in [2.05, 4.69) is 57.6 Å². The Balaban J connectivity index is 1.25. The maximum absolute atomic E-state index is 13.4. The minimum atomic E-state index is -0.00500. The molecule has 0 aromatic heterocycles. The molecule has 6 nitrogen and oxygen atoms in total. The molecule has 3 aliphatic rings. The number of benzene rings is 3. The largest absolute Gasteiger partial charge is 0.370 e. The van der Waals surface area contributed by atoms with Gasteiger partial charge in [-0.15, -0.1) is 0 Å². The van der Waals surface area contributed by atoms with E-state index in [9.17, 15) is 9.59 Å². The lowest BCUT2D eigenvalue weighted by Crippen LogP contribution is -2.44. The van der Waals surface area contributed by atoms with Crippen molar-refractivity contribution < 1.29 is 9.59 Å². The minimum Gasteiger partial charge on any atom is -0.370 e. The van der Waals surface area contributed by atoms with Gasteiger partial charge < -0.3 is 20.9 Å². The zero-order valence-corrected chi connectivity index (χ0v) is 25.3. The first kappa shape index (κ1) is 29.4. The summed E-state index contributed by atoms with van der Waals surface area (Å²) in [4.78, 5) is 31.2. The average Bonchev–Trinajstić information content (AvgIpc) is 3.89. The number of anilines is 2. The lowest BCUT2D eigenvalue weighted by Gasteiger charge is -2.36. The Bertz CT molecular complexity index is 1390. The number of nitrogens with one attached hydrogen (secondary N) is 1. The van der Waals surface area contributed by atoms with Crippen molar-refractivity contribution in [2.24, 2.45) is 11.7 Å². The van der Waals surface area contributed by atoms with Gasteiger partial charge in [-0.2, -0.15) is 0 Å². The summed E-state index contributed by atoms with van der Waals surface area (Å²) in [5.74, 6) is 0.512. The first-order chi connectivity index (χ1) is 21.0. The molecule has 3 N–H and O–H groups in total. The van der Waals surface area contributed by atoms with Crippen LogP contribution < -0.4 is 16.0 Å². The van der Waals surface area contributed by atoms with Gasteiger partial charge in [0.25, 0.3) is 0 Å². The predicted octanol–water partition coefficient (Wildman–Crippen LogP) is 6.92. The Hall–Kier alpha value is -3.64. The van der Waals surface area contributed by atoms with Crippen LogP contribution in [0.2, 0.25) is 0 Å². The highest BCUT2D eigenvalue weighted by atomic mass is 16.2. The molecule has 0 bridgehead atoms. The Labute approximate surface area is 256 Å². The molecular formula is C37H46N4O2. The Morgan fingerprint density at radius 2 is 1.47 bits per heavy atom. The lowest BCUT2D eigenvalue weighted by atomic mass is 9.90. The molecule has 43 heavy (non-hydrogen) atoms. The normalized spacial score (nSPS) is 20.7. The third-order valence-electron chi connectivity index (χ3n) is 9.43. The summed E-state index contributed by atoms with van der Waals surface area (Å²) in [6.07, 6.45) is 11.2. The van der Waals surface area contributed by atoms with Crippen molar-refractivity contribution in [1.29, 1.82) is 0 Å². The maximum Gasteiger partial charge on any atom is 0.228 e. The molecule has 0 radical (unpaired) electrons. The summed E-state index contributed by atoms with van der Waals surface area (Å²) in [5, 5.41) is 3.27. The fourth-order valence-electron chi connectivity index (χ4n) is 6.79. The molecular weight excluding hydrogens is 532 g/mol. The van der Waals surface area contributed by atoms with Crippen molar-refractivity contribution in [3.8, 4) is 11.1 Å². The maximum atomic E-state index is 13.4. The van der Waals surface area contributed by atoms with Crippen LogP contribution in [0.5, 0.6) is 0 Å². The molecule has 0 unspecified atom stereocenters. The van der Waals surface area contributed by atoms with E-state index in [1.807, 2.05) is 30.3 Å². The van der Waals surface area contributed by atoms with Gasteiger partial charge in [0.1, 0.15) is 0 Å². The number of hydrogen-bond acceptors (Lipinski definition) is 4. The van der Waals surface area contributed by atoms with Gasteiger partial charge in [-0.1, -0.05) is 67.4 Å². The fraction of sp³-hybridized carbons (Fsp3) is 0.459. The number of amides is 2. The average molecular weight is 579 g/mol. The molecule has 0 spiro atoms. The summed E-state index contributed by atoms with van der Waals surface area (Å²) in [7, 11) is 0. The second-order valence-electron chi connectivity index (χ2n) is 12.9. The van der Waals surface area contributed by atoms with E-state index < -0.39 is 0 Å². The van der Waals surface area contributed by atoms with Gasteiger partial charge in [0.15, 0.2) is 0 Å². The van der Waals surface area contributed by atoms with Crippen LogP contribution in [-0.2, 0) is 22.6 Å². The first-order valence-electron chi connectivity index (χ1n) is 16.4. The van der Waals surface area contributed by atoms with Crippen LogP contribution in [0.15, 0.2) is 72.8 Å². The lowest BCUT2D eigenvalue weighted by molar-refractivity contribution is -0.136. The molecule has 1 heterocycles. The second-order valence-corrected chi connectivity index (χ2v) is 12.9. The Morgan fingerprint density at radius 3 is 2.19 bits per heavy atom. The summed E-state index contributed by atoms with van der Waals surface area (Å²) in [6, 6.07) is 25.5. The molecule has 2 saturated carbocycles. The van der Waals surface area contributed by atoms with Crippen LogP contribution in [0.1, 0.15) is 75.3 Å². The first-order valence-corrected chi connectivity index (χ1v) is 16.4. The summed E-state index contributed by atoms with van der Waals surface area (Å²) < 4.78 is 0. The van der Waals surface area contributed by atoms with Crippen LogP contribution in [0, 0.1) is 5.92 Å². The van der Waals surface area contributed by atoms with Crippen LogP contribution in [0.3, 0.4) is 0 Å². The fourth-order valence-corrected chi connectivity index (χ4v) is 6.79. The number of nitrogens with two attached hydrogens (primary N) is 1. The van der Waals surface area contributed by atoms with E-state index >= 15 is 0 Å². The van der Waals surface area contributed by atoms with Gasteiger partial charge in [-0.05, 0) is 91.8 Å². The van der Waals surface area contributed by atoms with E-state index in [0.29, 0.717) is 18.9 Å². The van der Waals surface area contributed by atoms with Crippen molar-refractivity contribution in [1.82, 2.24) is 4.90 Å². The third-order valence-corrected chi connectivity index (χ3v) is 9.43. The minimum absolute atomic E-state index is 0.00500. The molecule has 2 aliphatic carbocycles. The van der Waals surface area contributed by atoms with Crippen LogP contribution >= 0.6 is 0 Å². The van der Waals surface area contributed by atoms with Gasteiger partial charge in [-0.25, -0.2) is 0 Å². The number of hydrogen-bond donors (Lipinski definition) is 2. The highest BCUT2D eigenvalue weighted by Gasteiger charge is 2.37. The molecule has 1 aliphatic heterocycles. The Morgan fingerprint density at radius 1 is 0.767 bits per heavy atom. The van der Waals surface area contributed by atoms with Gasteiger partial charge >= 0.3 is 0 Å². The molecule has 3 aromatic rings. The highest BCUT2D eigenvalue weighted by molar-refractivity contribution is 5.96. The van der Waals surface area contributed by atoms with Crippen molar-refractivity contribution in [3.05, 3.63) is 83.9 Å². The summed E-state index contributed by atoms with van der Waals surface area (Å²) in [5.41, 5.74) is 12.5. The van der Waals surface area contributed by atoms with E-state index in [-0.39, 0.29) is 23.9 Å². The van der Waals surface area contributed by atoms with E-state index in [4.69, 9.17) is 5.73 Å². The van der Waals surface area contributed by atoms with Crippen LogP contribution in [0.25, 0.3) is 11.1 Å². The number of rotatable bonds is 9. The van der Waals surface area contributed by atoms with Gasteiger partial charge in [0.05, 0.1) is 17.8 Å². The van der Waals surface area contributed by atoms with Crippen molar-refractivity contribution in [2.75, 3.05) is 23.3 Å². The SMILES string of the molecule is NC1CCC(N(Cc2cccc(-c3ccc(N4CCCCCC4)c(NC(=O)Cc4ccccc4)c3)c2)C(=O)C2CC2)CC1. The molecule has 6 rings (SSSR count). The Kier molecular flexibility index (Phi) is 9.42. The second kappa shape index (κ2) is 13.8. The van der Waals surface area contributed by atoms with E-state index in [1.165, 1.54) is 25.7 Å². The zero-order valence-electron chi connectivity index (χ0n) is 25.3. The van der Waals surface area contributed by atoms with Gasteiger partial charge in [-0.3, -0.25) is 9.59 Å². The molecule has 0 atom stereocenters. The zero-order chi connectivity index (χ0) is 29.6. The quantitative estimate of drug-likeness (QED) is 0.289. The van der Waals surface area contributed by atoms with Crippen LogP contribution in [-0.4, -0.2) is 41.9 Å². The third kappa shape index (κ3) is 7.66. The summed E-state index contributed by atoms with van der Waals surface area (Å²) >= 11 is 0. The molecule has 3 aromatic carbocycles. The number of carbonyl (C=O) groups excluding carboxylic acids is 2. The van der Waals surface area contributed by atoms with Gasteiger partial charge in [0.2, 0.25) is 11.8 Å². The standard InChI is InChI=1S/C37H46N4O2/c38-32-16-18-33(19-17-32)41(37(43)29-13-14-29)26-28-11-8-12-30(23-28)31-15-20-35(40-21-6-1-2-7-22-40)34(25-31)39-36(42)24-27-9-4-3-5-10-27/h3-5,8-12,15,20,23,25,29,32-33H,1-2,6-7,13-14,16-19,21-22,24,26,38H2,(H,39,42). The number of nitrogens with zero attached hydrogens (tertiary/aromatic N) is 2. The molecule has 2 amide bonds. The predicted molar refractivity (Wildman–Crippen MR) is 175 cm³/mol. The smallest absolute Gasteiger partial charge is 0.228 e. The van der Waals surface area contributed by atoms with Crippen molar-refractivity contribution in [3.63, 3.8) is 0 Å². The summed E-state index contributed by atoms with van der Waals surface area (Å²) in [6.45, 7) is 2.65. The molecule has 6 heteroatoms. The number of carbonyl (C=O) groups is 2. The van der Waals surface area contributed by atoms with Crippen molar-refractivity contribution >= 4 is 23.2 Å². The monoisotopic (exact) mass is 578 g/mol. The van der Waals surface area contributed by atoms with Crippen LogP contribution in [0.4, 0.5) is 11.4 Å². The molecule has 3 fully saturated rings. The highest BCUT2D eigenvalue weighted by Crippen LogP contribution is 2.36. The van der Waals surface area contributed by atoms with Gasteiger partial charge in [0, 0.05) is 37.6 Å². The van der Waals surface area contributed by atoms with E-state index in [1.54, 1.807) is 0 Å². The van der Waals surface area contributed by atoms with E-state index in [0.717, 1.165) is 85.2 Å². The van der Waals surface area contributed by atoms with Crippen molar-refractivity contribution in [2.45, 2.75) is 89.3 Å². The topological polar surface area (TPSA) is 78.7 Å². The molecule has 226 valence electrons.